The molecule has 0 bridgehead atoms. The molecule has 27 heavy (non-hydrogen) atoms. The number of ketones is 1. The van der Waals surface area contributed by atoms with Crippen molar-refractivity contribution < 1.29 is 22.4 Å². The molecule has 3 aromatic rings. The topological polar surface area (TPSA) is 84.7 Å². The first-order valence-corrected chi connectivity index (χ1v) is 8.31. The van der Waals surface area contributed by atoms with Crippen LogP contribution in [0.5, 0.6) is 0 Å². The number of nitriles is 1. The van der Waals surface area contributed by atoms with Gasteiger partial charge in [-0.2, -0.15) is 23.5 Å². The molecule has 3 heterocycles. The molecular formula is C17H10BrF3N4O2. The molecule has 0 aliphatic rings. The first-order valence-electron chi connectivity index (χ1n) is 7.51. The van der Waals surface area contributed by atoms with E-state index in [1.54, 1.807) is 29.2 Å². The lowest BCUT2D eigenvalue weighted by molar-refractivity contribution is -0.137. The molecule has 0 N–H and O–H groups in total. The van der Waals surface area contributed by atoms with Gasteiger partial charge >= 0.3 is 6.18 Å². The molecule has 0 aliphatic heterocycles. The Bertz CT molecular complexity index is 1000. The lowest BCUT2D eigenvalue weighted by Crippen LogP contribution is -2.13. The van der Waals surface area contributed by atoms with Gasteiger partial charge in [0.25, 0.3) is 0 Å². The van der Waals surface area contributed by atoms with E-state index in [0.717, 1.165) is 16.6 Å². The fourth-order valence-corrected chi connectivity index (χ4v) is 2.65. The Hall–Kier alpha value is -2.93. The number of halogens is 4. The van der Waals surface area contributed by atoms with Gasteiger partial charge in [-0.15, -0.1) is 0 Å². The van der Waals surface area contributed by atoms with Crippen LogP contribution in [0.4, 0.5) is 13.2 Å². The van der Waals surface area contributed by atoms with Crippen LogP contribution in [-0.4, -0.2) is 20.5 Å². The van der Waals surface area contributed by atoms with E-state index in [-0.39, 0.29) is 18.0 Å². The second-order valence-electron chi connectivity index (χ2n) is 5.52. The van der Waals surface area contributed by atoms with Crippen LogP contribution in [0.3, 0.4) is 0 Å². The fourth-order valence-electron chi connectivity index (χ4n) is 2.32. The molecule has 10 heteroatoms. The van der Waals surface area contributed by atoms with Crippen LogP contribution in [0.1, 0.15) is 33.5 Å². The molecule has 1 unspecified atom stereocenters. The van der Waals surface area contributed by atoms with E-state index in [9.17, 15) is 23.2 Å². The summed E-state index contributed by atoms with van der Waals surface area (Å²) in [4.78, 5) is 16.1. The molecule has 0 amide bonds. The number of alkyl halides is 3. The number of aromatic nitrogens is 3. The predicted molar refractivity (Wildman–Crippen MR) is 89.7 cm³/mol. The minimum absolute atomic E-state index is 0.0792. The van der Waals surface area contributed by atoms with E-state index in [2.05, 4.69) is 26.0 Å². The number of pyridine rings is 1. The van der Waals surface area contributed by atoms with Crippen LogP contribution in [0.2, 0.25) is 0 Å². The summed E-state index contributed by atoms with van der Waals surface area (Å²) in [5.41, 5.74) is -1.04. The third kappa shape index (κ3) is 4.25. The van der Waals surface area contributed by atoms with E-state index in [1.165, 1.54) is 6.07 Å². The van der Waals surface area contributed by atoms with Crippen molar-refractivity contribution in [2.75, 3.05) is 0 Å². The molecule has 0 aromatic carbocycles. The molecule has 0 aliphatic carbocycles. The average Bonchev–Trinajstić information content (AvgIpc) is 3.24. The minimum atomic E-state index is -4.55. The van der Waals surface area contributed by atoms with Crippen LogP contribution < -0.4 is 0 Å². The van der Waals surface area contributed by atoms with Gasteiger partial charge in [0, 0.05) is 12.4 Å². The molecule has 6 nitrogen and oxygen atoms in total. The van der Waals surface area contributed by atoms with Gasteiger partial charge in [-0.3, -0.25) is 14.5 Å². The highest BCUT2D eigenvalue weighted by Crippen LogP contribution is 2.29. The number of hydrogen-bond donors (Lipinski definition) is 0. The molecule has 0 saturated carbocycles. The Balaban J connectivity index is 1.78. The molecule has 3 aromatic heterocycles. The second-order valence-corrected chi connectivity index (χ2v) is 6.43. The first kappa shape index (κ1) is 18.8. The number of hydrogen-bond acceptors (Lipinski definition) is 5. The Morgan fingerprint density at radius 3 is 2.63 bits per heavy atom. The first-order chi connectivity index (χ1) is 12.8. The van der Waals surface area contributed by atoms with Crippen LogP contribution >= 0.6 is 15.9 Å². The van der Waals surface area contributed by atoms with Gasteiger partial charge in [0.05, 0.1) is 34.5 Å². The van der Waals surface area contributed by atoms with Crippen molar-refractivity contribution in [1.29, 1.82) is 5.26 Å². The lowest BCUT2D eigenvalue weighted by atomic mass is 9.99. The summed E-state index contributed by atoms with van der Waals surface area (Å²) in [5.74, 6) is -1.70. The van der Waals surface area contributed by atoms with Crippen LogP contribution in [0, 0.1) is 11.3 Å². The van der Waals surface area contributed by atoms with E-state index in [4.69, 9.17) is 4.42 Å². The van der Waals surface area contributed by atoms with Crippen molar-refractivity contribution in [3.8, 4) is 6.07 Å². The van der Waals surface area contributed by atoms with E-state index >= 15 is 0 Å². The van der Waals surface area contributed by atoms with Gasteiger partial charge in [0.2, 0.25) is 5.78 Å². The van der Waals surface area contributed by atoms with Gasteiger partial charge in [-0.1, -0.05) is 0 Å². The van der Waals surface area contributed by atoms with Crippen molar-refractivity contribution >= 4 is 21.7 Å². The summed E-state index contributed by atoms with van der Waals surface area (Å²) < 4.78 is 45.7. The maximum atomic E-state index is 12.6. The molecule has 138 valence electrons. The minimum Gasteiger partial charge on any atom is -0.456 e. The highest BCUT2D eigenvalue weighted by atomic mass is 79.9. The summed E-state index contributed by atoms with van der Waals surface area (Å²) >= 11 is 3.26. The SMILES string of the molecule is N#CC(C(=O)c1ccc(Cn2cc(Br)cn2)o1)c1ccc(C(F)(F)F)cn1. The Labute approximate surface area is 159 Å². The number of nitrogens with zero attached hydrogens (tertiary/aromatic N) is 4. The highest BCUT2D eigenvalue weighted by molar-refractivity contribution is 9.10. The number of carbonyl (C=O) groups excluding carboxylic acids is 1. The van der Waals surface area contributed by atoms with E-state index in [0.29, 0.717) is 12.0 Å². The molecule has 0 radical (unpaired) electrons. The van der Waals surface area contributed by atoms with E-state index in [1.807, 2.05) is 0 Å². The molecule has 1 atom stereocenters. The Kier molecular flexibility index (Phi) is 5.14. The van der Waals surface area contributed by atoms with Crippen LogP contribution in [0.25, 0.3) is 0 Å². The molecule has 3 rings (SSSR count). The summed E-state index contributed by atoms with van der Waals surface area (Å²) in [6.07, 6.45) is -0.642. The van der Waals surface area contributed by atoms with Crippen molar-refractivity contribution in [1.82, 2.24) is 14.8 Å². The van der Waals surface area contributed by atoms with Gasteiger partial charge in [0.15, 0.2) is 11.7 Å². The summed E-state index contributed by atoms with van der Waals surface area (Å²) in [6.45, 7) is 0.272. The number of Topliss-reactive ketones (excluding diaryl/α,β-unsaturated/α-hetero) is 1. The summed E-state index contributed by atoms with van der Waals surface area (Å²) in [6, 6.07) is 6.53. The predicted octanol–water partition coefficient (Wildman–Crippen LogP) is 4.19. The highest BCUT2D eigenvalue weighted by Gasteiger charge is 2.32. The zero-order valence-corrected chi connectivity index (χ0v) is 15.0. The van der Waals surface area contributed by atoms with Gasteiger partial charge in [0.1, 0.15) is 5.76 Å². The van der Waals surface area contributed by atoms with Gasteiger partial charge in [-0.25, -0.2) is 0 Å². The molecule has 0 saturated heterocycles. The van der Waals surface area contributed by atoms with Crippen LogP contribution in [0.15, 0.2) is 51.7 Å². The van der Waals surface area contributed by atoms with E-state index < -0.39 is 23.4 Å². The fraction of sp³-hybridized carbons (Fsp3) is 0.176. The molecule has 0 spiro atoms. The smallest absolute Gasteiger partial charge is 0.417 e. The average molecular weight is 439 g/mol. The third-order valence-corrected chi connectivity index (χ3v) is 4.03. The number of rotatable bonds is 5. The van der Waals surface area contributed by atoms with Crippen molar-refractivity contribution in [3.05, 3.63) is 70.1 Å². The standard InChI is InChI=1S/C17H10BrF3N4O2/c18-11-7-24-25(8-11)9-12-2-4-15(27-12)16(26)13(5-22)14-3-1-10(6-23-14)17(19,20)21/h1-4,6-8,13H,9H2. The molecule has 0 fully saturated rings. The Morgan fingerprint density at radius 1 is 1.30 bits per heavy atom. The largest absolute Gasteiger partial charge is 0.456 e. The Morgan fingerprint density at radius 2 is 2.07 bits per heavy atom. The summed E-state index contributed by atoms with van der Waals surface area (Å²) in [5, 5.41) is 13.4. The normalized spacial score (nSPS) is 12.6. The van der Waals surface area contributed by atoms with Crippen molar-refractivity contribution in [2.45, 2.75) is 18.6 Å². The van der Waals surface area contributed by atoms with Gasteiger partial charge < -0.3 is 4.42 Å². The number of carbonyl (C=O) groups is 1. The van der Waals surface area contributed by atoms with Crippen molar-refractivity contribution in [2.24, 2.45) is 0 Å². The quantitative estimate of drug-likeness (QED) is 0.557. The van der Waals surface area contributed by atoms with Crippen molar-refractivity contribution in [3.63, 3.8) is 0 Å². The monoisotopic (exact) mass is 438 g/mol. The maximum absolute atomic E-state index is 12.6. The van der Waals surface area contributed by atoms with Gasteiger partial charge in [-0.05, 0) is 40.2 Å². The third-order valence-electron chi connectivity index (χ3n) is 3.62. The second kappa shape index (κ2) is 7.36. The summed E-state index contributed by atoms with van der Waals surface area (Å²) in [7, 11) is 0. The maximum Gasteiger partial charge on any atom is 0.417 e. The van der Waals surface area contributed by atoms with Crippen LogP contribution in [-0.2, 0) is 12.7 Å². The lowest BCUT2D eigenvalue weighted by Gasteiger charge is -2.09. The zero-order chi connectivity index (χ0) is 19.6. The number of furan rings is 1. The molecular weight excluding hydrogens is 429 g/mol. The zero-order valence-electron chi connectivity index (χ0n) is 13.4.